The molecule has 29 heavy (non-hydrogen) atoms. The van der Waals surface area contributed by atoms with Crippen molar-refractivity contribution in [1.82, 2.24) is 14.5 Å². The fraction of sp³-hybridized carbons (Fsp3) is 0.591. The van der Waals surface area contributed by atoms with Crippen molar-refractivity contribution >= 4 is 9.84 Å². The van der Waals surface area contributed by atoms with E-state index in [-0.39, 0.29) is 10.9 Å². The number of sulfone groups is 1. The van der Waals surface area contributed by atoms with E-state index >= 15 is 0 Å². The van der Waals surface area contributed by atoms with Crippen molar-refractivity contribution in [2.45, 2.75) is 50.7 Å². The fourth-order valence-corrected chi connectivity index (χ4v) is 5.58. The van der Waals surface area contributed by atoms with Crippen LogP contribution in [-0.4, -0.2) is 49.7 Å². The van der Waals surface area contributed by atoms with E-state index in [1.165, 1.54) is 6.42 Å². The van der Waals surface area contributed by atoms with Gasteiger partial charge in [-0.05, 0) is 36.8 Å². The molecule has 1 saturated heterocycles. The molecule has 7 heteroatoms. The molecule has 1 aromatic carbocycles. The van der Waals surface area contributed by atoms with Crippen molar-refractivity contribution in [2.75, 3.05) is 26.8 Å². The Morgan fingerprint density at radius 3 is 2.69 bits per heavy atom. The van der Waals surface area contributed by atoms with Crippen LogP contribution in [0, 0.1) is 11.8 Å². The minimum Gasteiger partial charge on any atom is -0.384 e. The van der Waals surface area contributed by atoms with Crippen LogP contribution in [0.1, 0.15) is 37.9 Å². The molecule has 1 aliphatic rings. The van der Waals surface area contributed by atoms with Crippen LogP contribution in [-0.2, 0) is 33.4 Å². The molecule has 3 rings (SSSR count). The predicted molar refractivity (Wildman–Crippen MR) is 114 cm³/mol. The molecule has 0 bridgehead atoms. The second-order valence-electron chi connectivity index (χ2n) is 8.48. The maximum Gasteiger partial charge on any atom is 0.228 e. The molecule has 0 amide bonds. The first-order valence-corrected chi connectivity index (χ1v) is 12.1. The lowest BCUT2D eigenvalue weighted by Gasteiger charge is -2.32. The van der Waals surface area contributed by atoms with Crippen molar-refractivity contribution in [3.05, 3.63) is 47.8 Å². The average molecular weight is 420 g/mol. The smallest absolute Gasteiger partial charge is 0.228 e. The lowest BCUT2D eigenvalue weighted by molar-refractivity contribution is 0.0860. The van der Waals surface area contributed by atoms with Gasteiger partial charge in [0.2, 0.25) is 15.0 Å². The summed E-state index contributed by atoms with van der Waals surface area (Å²) in [6.07, 6.45) is 4.08. The van der Waals surface area contributed by atoms with Crippen LogP contribution >= 0.6 is 0 Å². The Morgan fingerprint density at radius 2 is 2.00 bits per heavy atom. The van der Waals surface area contributed by atoms with Gasteiger partial charge in [-0.1, -0.05) is 44.2 Å². The summed E-state index contributed by atoms with van der Waals surface area (Å²) >= 11 is 0. The number of ether oxygens (including phenoxy) is 1. The summed E-state index contributed by atoms with van der Waals surface area (Å²) in [6, 6.07) is 9.31. The predicted octanol–water partition coefficient (Wildman–Crippen LogP) is 3.37. The molecule has 1 fully saturated rings. The van der Waals surface area contributed by atoms with Gasteiger partial charge in [0.05, 0.1) is 24.3 Å². The number of methoxy groups -OCH3 is 1. The minimum atomic E-state index is -3.52. The van der Waals surface area contributed by atoms with Crippen LogP contribution in [0.15, 0.2) is 41.7 Å². The Balaban J connectivity index is 1.83. The van der Waals surface area contributed by atoms with Crippen molar-refractivity contribution in [2.24, 2.45) is 11.8 Å². The second kappa shape index (κ2) is 9.87. The van der Waals surface area contributed by atoms with Gasteiger partial charge in [-0.3, -0.25) is 4.90 Å². The molecule has 6 nitrogen and oxygen atoms in total. The molecule has 0 spiro atoms. The first-order valence-electron chi connectivity index (χ1n) is 10.4. The van der Waals surface area contributed by atoms with Crippen LogP contribution < -0.4 is 0 Å². The Hall–Kier alpha value is -1.70. The summed E-state index contributed by atoms with van der Waals surface area (Å²) in [5, 5.41) is 0.190. The molecular weight excluding hydrogens is 386 g/mol. The largest absolute Gasteiger partial charge is 0.384 e. The molecule has 0 radical (unpaired) electrons. The number of aromatic nitrogens is 2. The fourth-order valence-electron chi connectivity index (χ4n) is 4.08. The van der Waals surface area contributed by atoms with Crippen molar-refractivity contribution in [1.29, 1.82) is 0 Å². The summed E-state index contributed by atoms with van der Waals surface area (Å²) in [5.41, 5.74) is 1.76. The molecular formula is C22H33N3O3S. The van der Waals surface area contributed by atoms with Crippen LogP contribution in [0.2, 0.25) is 0 Å². The normalized spacial score (nSPS) is 18.4. The van der Waals surface area contributed by atoms with Gasteiger partial charge in [0.25, 0.3) is 0 Å². The number of benzene rings is 1. The average Bonchev–Trinajstić information content (AvgIpc) is 3.05. The molecule has 160 valence electrons. The van der Waals surface area contributed by atoms with E-state index in [1.807, 2.05) is 34.9 Å². The minimum absolute atomic E-state index is 0.0258. The quantitative estimate of drug-likeness (QED) is 0.623. The lowest BCUT2D eigenvalue weighted by Crippen LogP contribution is -2.37. The Kier molecular flexibility index (Phi) is 7.49. The van der Waals surface area contributed by atoms with Gasteiger partial charge in [0.15, 0.2) is 0 Å². The van der Waals surface area contributed by atoms with Crippen LogP contribution in [0.3, 0.4) is 0 Å². The highest BCUT2D eigenvalue weighted by Crippen LogP contribution is 2.23. The molecule has 2 heterocycles. The number of rotatable bonds is 9. The number of piperidine rings is 1. The Morgan fingerprint density at radius 1 is 1.24 bits per heavy atom. The molecule has 1 aromatic heterocycles. The van der Waals surface area contributed by atoms with Crippen LogP contribution in [0.25, 0.3) is 0 Å². The molecule has 1 aliphatic heterocycles. The highest BCUT2D eigenvalue weighted by molar-refractivity contribution is 7.90. The topological polar surface area (TPSA) is 64.4 Å². The molecule has 0 unspecified atom stereocenters. The molecule has 0 saturated carbocycles. The number of hydrogen-bond donors (Lipinski definition) is 0. The summed E-state index contributed by atoms with van der Waals surface area (Å²) in [5.74, 6) is 0.842. The first kappa shape index (κ1) is 22.0. The summed E-state index contributed by atoms with van der Waals surface area (Å²) in [6.45, 7) is 8.36. The second-order valence-corrected chi connectivity index (χ2v) is 10.4. The molecule has 0 aliphatic carbocycles. The first-order chi connectivity index (χ1) is 13.9. The van der Waals surface area contributed by atoms with Crippen molar-refractivity contribution in [3.8, 4) is 0 Å². The molecule has 2 aromatic rings. The monoisotopic (exact) mass is 419 g/mol. The van der Waals surface area contributed by atoms with Gasteiger partial charge in [-0.15, -0.1) is 0 Å². The van der Waals surface area contributed by atoms with Crippen LogP contribution in [0.4, 0.5) is 0 Å². The third-order valence-corrected chi connectivity index (χ3v) is 6.91. The highest BCUT2D eigenvalue weighted by atomic mass is 32.2. The SMILES string of the molecule is COC[C@@H]1CCCN(Cc2cnc(S(=O)(=O)Cc3ccccc3)n2CC(C)C)C1. The van der Waals surface area contributed by atoms with Crippen LogP contribution in [0.5, 0.6) is 0 Å². The molecule has 1 atom stereocenters. The van der Waals surface area contributed by atoms with E-state index in [2.05, 4.69) is 23.7 Å². The Bertz CT molecular complexity index is 876. The van der Waals surface area contributed by atoms with Gasteiger partial charge in [0, 0.05) is 26.7 Å². The number of hydrogen-bond acceptors (Lipinski definition) is 5. The van der Waals surface area contributed by atoms with E-state index in [0.717, 1.165) is 43.9 Å². The maximum atomic E-state index is 13.1. The zero-order valence-electron chi connectivity index (χ0n) is 17.8. The Labute approximate surface area is 174 Å². The third-order valence-electron chi connectivity index (χ3n) is 5.32. The van der Waals surface area contributed by atoms with Gasteiger partial charge in [0.1, 0.15) is 0 Å². The van der Waals surface area contributed by atoms with Gasteiger partial charge in [-0.25, -0.2) is 13.4 Å². The van der Waals surface area contributed by atoms with E-state index in [9.17, 15) is 8.42 Å². The van der Waals surface area contributed by atoms with Crippen molar-refractivity contribution < 1.29 is 13.2 Å². The van der Waals surface area contributed by atoms with E-state index in [4.69, 9.17) is 4.74 Å². The number of imidazole rings is 1. The zero-order valence-corrected chi connectivity index (χ0v) is 18.6. The zero-order chi connectivity index (χ0) is 20.9. The van der Waals surface area contributed by atoms with Gasteiger partial charge < -0.3 is 9.30 Å². The summed E-state index contributed by atoms with van der Waals surface area (Å²) in [4.78, 5) is 6.78. The number of likely N-dealkylation sites (tertiary alicyclic amines) is 1. The standard InChI is InChI=1S/C22H33N3O3S/c1-18(2)13-25-21(15-24-11-7-10-20(14-24)16-28-3)12-23-22(25)29(26,27)17-19-8-5-4-6-9-19/h4-6,8-9,12,18,20H,7,10-11,13-17H2,1-3H3/t20-/m1/s1. The third kappa shape index (κ3) is 5.90. The summed E-state index contributed by atoms with van der Waals surface area (Å²) in [7, 11) is -1.77. The van der Waals surface area contributed by atoms with E-state index in [0.29, 0.717) is 18.4 Å². The van der Waals surface area contributed by atoms with E-state index in [1.54, 1.807) is 13.3 Å². The molecule has 0 N–H and O–H groups in total. The highest BCUT2D eigenvalue weighted by Gasteiger charge is 2.26. The van der Waals surface area contributed by atoms with Crippen molar-refractivity contribution in [3.63, 3.8) is 0 Å². The van der Waals surface area contributed by atoms with E-state index < -0.39 is 9.84 Å². The van der Waals surface area contributed by atoms with Gasteiger partial charge >= 0.3 is 0 Å². The maximum absolute atomic E-state index is 13.1. The summed E-state index contributed by atoms with van der Waals surface area (Å²) < 4.78 is 33.5. The number of nitrogens with zero attached hydrogens (tertiary/aromatic N) is 3. The van der Waals surface area contributed by atoms with Gasteiger partial charge in [-0.2, -0.15) is 0 Å². The lowest BCUT2D eigenvalue weighted by atomic mass is 9.99.